The van der Waals surface area contributed by atoms with E-state index in [-0.39, 0.29) is 24.1 Å². The molecule has 0 aromatic carbocycles. The van der Waals surface area contributed by atoms with Crippen LogP contribution in [-0.4, -0.2) is 33.6 Å². The van der Waals surface area contributed by atoms with Gasteiger partial charge in [0, 0.05) is 30.1 Å². The molecule has 1 amide bonds. The van der Waals surface area contributed by atoms with Gasteiger partial charge in [-0.05, 0) is 17.7 Å². The Morgan fingerprint density at radius 3 is 2.72 bits per heavy atom. The summed E-state index contributed by atoms with van der Waals surface area (Å²) in [5.41, 5.74) is 1.30. The summed E-state index contributed by atoms with van der Waals surface area (Å²) in [4.78, 5) is 21.1. The second-order valence-corrected chi connectivity index (χ2v) is 5.68. The van der Waals surface area contributed by atoms with Gasteiger partial charge in [-0.1, -0.05) is 11.6 Å². The average molecular weight is 376 g/mol. The third-order valence-corrected chi connectivity index (χ3v) is 3.81. The van der Waals surface area contributed by atoms with Crippen molar-refractivity contribution in [2.24, 2.45) is 0 Å². The molecule has 0 atom stereocenters. The predicted octanol–water partition coefficient (Wildman–Crippen LogP) is 3.37. The zero-order valence-corrected chi connectivity index (χ0v) is 13.2. The van der Waals surface area contributed by atoms with Crippen LogP contribution >= 0.6 is 11.6 Å². The number of ether oxygens (including phenoxy) is 1. The number of amides is 1. The zero-order valence-electron chi connectivity index (χ0n) is 12.5. The number of carbonyl (C=O) groups excluding carboxylic acids is 1. The van der Waals surface area contributed by atoms with E-state index in [1.165, 1.54) is 17.2 Å². The molecule has 1 aliphatic rings. The summed E-state index contributed by atoms with van der Waals surface area (Å²) in [6.45, 7) is -1.41. The van der Waals surface area contributed by atoms with Crippen LogP contribution in [0, 0.1) is 5.82 Å². The fraction of sp³-hybridized carbons (Fsp3) is 0.267. The maximum Gasteiger partial charge on any atom is 0.422 e. The maximum atomic E-state index is 13.8. The minimum Gasteiger partial charge on any atom is -0.466 e. The first-order valence-electron chi connectivity index (χ1n) is 7.01. The number of fused-ring (bicyclic) bond motifs is 1. The van der Waals surface area contributed by atoms with Crippen LogP contribution in [0.5, 0.6) is 5.88 Å². The Bertz CT molecular complexity index is 829. The topological polar surface area (TPSA) is 55.3 Å². The highest BCUT2D eigenvalue weighted by Gasteiger charge is 2.31. The number of rotatable bonds is 4. The first-order valence-corrected chi connectivity index (χ1v) is 7.39. The lowest BCUT2D eigenvalue weighted by atomic mass is 10.2. The molecule has 3 rings (SSSR count). The monoisotopic (exact) mass is 375 g/mol. The van der Waals surface area contributed by atoms with Gasteiger partial charge in [-0.3, -0.25) is 4.79 Å². The van der Waals surface area contributed by atoms with Crippen molar-refractivity contribution in [1.82, 2.24) is 14.9 Å². The number of nitrogens with zero attached hydrogens (tertiary/aromatic N) is 3. The van der Waals surface area contributed by atoms with Gasteiger partial charge >= 0.3 is 6.18 Å². The number of pyridine rings is 2. The van der Waals surface area contributed by atoms with E-state index in [1.54, 1.807) is 0 Å². The standard InChI is InChI=1S/C15H10ClF4N3O2/c16-12-10-6-23(14(24)9(10)1-2-21-12)5-8-3-11(17)13(22-4-8)25-7-15(18,19)20/h1-4H,5-7H2. The van der Waals surface area contributed by atoms with Gasteiger partial charge in [-0.25, -0.2) is 14.4 Å². The lowest BCUT2D eigenvalue weighted by Gasteiger charge is -2.16. The molecule has 0 bridgehead atoms. The Labute approximate surface area is 144 Å². The van der Waals surface area contributed by atoms with Crippen LogP contribution < -0.4 is 4.74 Å². The van der Waals surface area contributed by atoms with E-state index in [0.29, 0.717) is 16.7 Å². The van der Waals surface area contributed by atoms with Crippen LogP contribution in [0.15, 0.2) is 24.5 Å². The van der Waals surface area contributed by atoms with E-state index < -0.39 is 24.5 Å². The van der Waals surface area contributed by atoms with Crippen LogP contribution in [0.2, 0.25) is 5.15 Å². The van der Waals surface area contributed by atoms with Gasteiger partial charge in [0.25, 0.3) is 11.8 Å². The fourth-order valence-corrected chi connectivity index (χ4v) is 2.62. The van der Waals surface area contributed by atoms with Crippen molar-refractivity contribution in [3.63, 3.8) is 0 Å². The normalized spacial score (nSPS) is 14.0. The van der Waals surface area contributed by atoms with Crippen molar-refractivity contribution >= 4 is 17.5 Å². The number of hydrogen-bond acceptors (Lipinski definition) is 4. The molecule has 0 N–H and O–H groups in total. The van der Waals surface area contributed by atoms with Crippen molar-refractivity contribution in [2.45, 2.75) is 19.3 Å². The van der Waals surface area contributed by atoms with Crippen LogP contribution in [0.4, 0.5) is 17.6 Å². The Morgan fingerprint density at radius 2 is 2.08 bits per heavy atom. The van der Waals surface area contributed by atoms with Gasteiger partial charge in [-0.15, -0.1) is 0 Å². The summed E-state index contributed by atoms with van der Waals surface area (Å²) in [6.07, 6.45) is -2.02. The van der Waals surface area contributed by atoms with E-state index in [0.717, 1.165) is 12.3 Å². The molecule has 0 aliphatic carbocycles. The number of hydrogen-bond donors (Lipinski definition) is 0. The van der Waals surface area contributed by atoms with Gasteiger partial charge < -0.3 is 9.64 Å². The first kappa shape index (κ1) is 17.4. The molecular weight excluding hydrogens is 366 g/mol. The van der Waals surface area contributed by atoms with Gasteiger partial charge in [0.05, 0.1) is 6.54 Å². The van der Waals surface area contributed by atoms with E-state index in [2.05, 4.69) is 14.7 Å². The molecule has 0 unspecified atom stereocenters. The molecule has 1 aliphatic heterocycles. The number of halogens is 5. The summed E-state index contributed by atoms with van der Waals surface area (Å²) in [6, 6.07) is 2.52. The molecule has 0 fully saturated rings. The van der Waals surface area contributed by atoms with Crippen LogP contribution in [0.25, 0.3) is 0 Å². The number of aromatic nitrogens is 2. The SMILES string of the molecule is O=C1c2ccnc(Cl)c2CN1Cc1cnc(OCC(F)(F)F)c(F)c1. The van der Waals surface area contributed by atoms with Crippen molar-refractivity contribution < 1.29 is 27.1 Å². The van der Waals surface area contributed by atoms with Crippen molar-refractivity contribution in [3.05, 3.63) is 52.2 Å². The third-order valence-electron chi connectivity index (χ3n) is 3.48. The fourth-order valence-electron chi connectivity index (χ4n) is 2.41. The van der Waals surface area contributed by atoms with Gasteiger partial charge in [0.15, 0.2) is 12.4 Å². The summed E-state index contributed by atoms with van der Waals surface area (Å²) < 4.78 is 54.4. The average Bonchev–Trinajstić information content (AvgIpc) is 2.84. The highest BCUT2D eigenvalue weighted by atomic mass is 35.5. The third kappa shape index (κ3) is 3.81. The molecule has 2 aromatic heterocycles. The first-order chi connectivity index (χ1) is 11.7. The zero-order chi connectivity index (χ0) is 18.2. The second-order valence-electron chi connectivity index (χ2n) is 5.32. The summed E-state index contributed by atoms with van der Waals surface area (Å²) in [7, 11) is 0. The van der Waals surface area contributed by atoms with E-state index in [9.17, 15) is 22.4 Å². The maximum absolute atomic E-state index is 13.8. The molecule has 5 nitrogen and oxygen atoms in total. The summed E-state index contributed by atoms with van der Waals surface area (Å²) in [5, 5.41) is 0.216. The Hall–Kier alpha value is -2.42. The highest BCUT2D eigenvalue weighted by molar-refractivity contribution is 6.30. The molecule has 25 heavy (non-hydrogen) atoms. The highest BCUT2D eigenvalue weighted by Crippen LogP contribution is 2.29. The van der Waals surface area contributed by atoms with Crippen molar-refractivity contribution in [2.75, 3.05) is 6.61 Å². The smallest absolute Gasteiger partial charge is 0.422 e. The molecule has 2 aromatic rings. The molecular formula is C15H10ClF4N3O2. The Morgan fingerprint density at radius 1 is 1.32 bits per heavy atom. The Balaban J connectivity index is 1.71. The lowest BCUT2D eigenvalue weighted by Crippen LogP contribution is -2.23. The molecule has 10 heteroatoms. The molecule has 0 radical (unpaired) electrons. The van der Waals surface area contributed by atoms with E-state index in [4.69, 9.17) is 11.6 Å². The van der Waals surface area contributed by atoms with Crippen LogP contribution in [0.1, 0.15) is 21.5 Å². The predicted molar refractivity (Wildman–Crippen MR) is 78.6 cm³/mol. The number of carbonyl (C=O) groups is 1. The van der Waals surface area contributed by atoms with Gasteiger partial charge in [-0.2, -0.15) is 13.2 Å². The van der Waals surface area contributed by atoms with Gasteiger partial charge in [0.2, 0.25) is 0 Å². The molecule has 132 valence electrons. The molecule has 0 saturated carbocycles. The summed E-state index contributed by atoms with van der Waals surface area (Å²) in [5.74, 6) is -2.08. The molecule has 0 saturated heterocycles. The van der Waals surface area contributed by atoms with E-state index >= 15 is 0 Å². The second kappa shape index (κ2) is 6.47. The Kier molecular flexibility index (Phi) is 4.51. The largest absolute Gasteiger partial charge is 0.466 e. The van der Waals surface area contributed by atoms with Crippen molar-refractivity contribution in [1.29, 1.82) is 0 Å². The lowest BCUT2D eigenvalue weighted by molar-refractivity contribution is -0.154. The molecule has 0 spiro atoms. The summed E-state index contributed by atoms with van der Waals surface area (Å²) >= 11 is 5.95. The minimum atomic E-state index is -4.59. The number of alkyl halides is 3. The quantitative estimate of drug-likeness (QED) is 0.607. The minimum absolute atomic E-state index is 0.0211. The molecule has 3 heterocycles. The van der Waals surface area contributed by atoms with Crippen LogP contribution in [-0.2, 0) is 13.1 Å². The van der Waals surface area contributed by atoms with Gasteiger partial charge in [0.1, 0.15) is 5.15 Å². The van der Waals surface area contributed by atoms with Crippen molar-refractivity contribution in [3.8, 4) is 5.88 Å². The van der Waals surface area contributed by atoms with Crippen LogP contribution in [0.3, 0.4) is 0 Å². The van der Waals surface area contributed by atoms with E-state index in [1.807, 2.05) is 0 Å².